The molecule has 2 heterocycles. The van der Waals surface area contributed by atoms with Gasteiger partial charge in [0.15, 0.2) is 0 Å². The second-order valence-electron chi connectivity index (χ2n) is 6.76. The van der Waals surface area contributed by atoms with Crippen molar-refractivity contribution in [3.8, 4) is 5.75 Å². The Bertz CT molecular complexity index is 543. The van der Waals surface area contributed by atoms with Crippen LogP contribution in [0.3, 0.4) is 0 Å². The van der Waals surface area contributed by atoms with E-state index in [0.29, 0.717) is 11.5 Å². The van der Waals surface area contributed by atoms with Gasteiger partial charge in [-0.05, 0) is 49.9 Å². The average Bonchev–Trinajstić information content (AvgIpc) is 2.87. The van der Waals surface area contributed by atoms with Crippen LogP contribution in [0.4, 0.5) is 0 Å². The van der Waals surface area contributed by atoms with Gasteiger partial charge in [0.05, 0.1) is 13.7 Å². The van der Waals surface area contributed by atoms with E-state index in [9.17, 15) is 4.79 Å². The van der Waals surface area contributed by atoms with Gasteiger partial charge in [-0.1, -0.05) is 6.07 Å². The van der Waals surface area contributed by atoms with Gasteiger partial charge in [-0.25, -0.2) is 0 Å². The van der Waals surface area contributed by atoms with E-state index >= 15 is 0 Å². The van der Waals surface area contributed by atoms with Crippen molar-refractivity contribution in [3.05, 3.63) is 29.8 Å². The lowest BCUT2D eigenvalue weighted by Crippen LogP contribution is -2.38. The van der Waals surface area contributed by atoms with E-state index in [4.69, 9.17) is 9.47 Å². The van der Waals surface area contributed by atoms with Crippen LogP contribution in [0.5, 0.6) is 5.75 Å². The van der Waals surface area contributed by atoms with Crippen LogP contribution in [0.1, 0.15) is 29.6 Å². The van der Waals surface area contributed by atoms with Gasteiger partial charge in [-0.3, -0.25) is 4.79 Å². The lowest BCUT2D eigenvalue weighted by molar-refractivity contribution is 0.0389. The predicted molar refractivity (Wildman–Crippen MR) is 93.5 cm³/mol. The maximum atomic E-state index is 12.7. The molecule has 2 saturated heterocycles. The summed E-state index contributed by atoms with van der Waals surface area (Å²) in [7, 11) is 1.63. The summed E-state index contributed by atoms with van der Waals surface area (Å²) in [6.45, 7) is 6.55. The van der Waals surface area contributed by atoms with Crippen molar-refractivity contribution < 1.29 is 14.3 Å². The summed E-state index contributed by atoms with van der Waals surface area (Å²) in [4.78, 5) is 17.2. The monoisotopic (exact) mass is 332 g/mol. The molecule has 1 aromatic rings. The predicted octanol–water partition coefficient (Wildman–Crippen LogP) is 2.27. The van der Waals surface area contributed by atoms with E-state index in [2.05, 4.69) is 4.90 Å². The molecule has 5 heteroatoms. The van der Waals surface area contributed by atoms with Crippen LogP contribution in [-0.4, -0.2) is 68.8 Å². The molecule has 3 rings (SSSR count). The minimum atomic E-state index is 0.108. The molecule has 1 aromatic carbocycles. The molecule has 1 atom stereocenters. The minimum Gasteiger partial charge on any atom is -0.497 e. The Balaban J connectivity index is 1.55. The largest absolute Gasteiger partial charge is 0.497 e. The summed E-state index contributed by atoms with van der Waals surface area (Å²) in [6, 6.07) is 7.43. The van der Waals surface area contributed by atoms with Crippen LogP contribution < -0.4 is 4.74 Å². The average molecular weight is 332 g/mol. The van der Waals surface area contributed by atoms with Crippen molar-refractivity contribution in [3.63, 3.8) is 0 Å². The molecular formula is C19H28N2O3. The Hall–Kier alpha value is -1.59. The number of hydrogen-bond donors (Lipinski definition) is 0. The molecule has 132 valence electrons. The Morgan fingerprint density at radius 1 is 1.25 bits per heavy atom. The molecule has 0 aliphatic carbocycles. The molecule has 2 aliphatic rings. The van der Waals surface area contributed by atoms with Crippen molar-refractivity contribution in [2.24, 2.45) is 5.92 Å². The Labute approximate surface area is 144 Å². The van der Waals surface area contributed by atoms with E-state index in [1.165, 1.54) is 12.8 Å². The highest BCUT2D eigenvalue weighted by atomic mass is 16.5. The van der Waals surface area contributed by atoms with E-state index in [-0.39, 0.29) is 5.91 Å². The van der Waals surface area contributed by atoms with Crippen LogP contribution in [0.25, 0.3) is 0 Å². The topological polar surface area (TPSA) is 42.0 Å². The smallest absolute Gasteiger partial charge is 0.254 e. The number of benzene rings is 1. The SMILES string of the molecule is COc1cccc(C(=O)N2CCCN(C[C@@H]3CCCOC3)CC2)c1. The van der Waals surface area contributed by atoms with Gasteiger partial charge in [0, 0.05) is 38.3 Å². The maximum absolute atomic E-state index is 12.7. The lowest BCUT2D eigenvalue weighted by Gasteiger charge is -2.28. The first kappa shape index (κ1) is 17.2. The first-order chi connectivity index (χ1) is 11.8. The zero-order valence-electron chi connectivity index (χ0n) is 14.6. The van der Waals surface area contributed by atoms with Crippen LogP contribution in [0.2, 0.25) is 0 Å². The van der Waals surface area contributed by atoms with Gasteiger partial charge in [0.25, 0.3) is 5.91 Å². The van der Waals surface area contributed by atoms with E-state index in [0.717, 1.165) is 58.1 Å². The number of ether oxygens (including phenoxy) is 2. The van der Waals surface area contributed by atoms with E-state index in [1.807, 2.05) is 29.2 Å². The molecule has 2 aliphatic heterocycles. The van der Waals surface area contributed by atoms with Crippen molar-refractivity contribution in [1.29, 1.82) is 0 Å². The second-order valence-corrected chi connectivity index (χ2v) is 6.76. The molecular weight excluding hydrogens is 304 g/mol. The van der Waals surface area contributed by atoms with E-state index in [1.54, 1.807) is 7.11 Å². The van der Waals surface area contributed by atoms with E-state index < -0.39 is 0 Å². The molecule has 0 spiro atoms. The summed E-state index contributed by atoms with van der Waals surface area (Å²) in [5.41, 5.74) is 0.712. The fourth-order valence-corrected chi connectivity index (χ4v) is 3.61. The van der Waals surface area contributed by atoms with Gasteiger partial charge < -0.3 is 19.3 Å². The normalized spacial score (nSPS) is 22.9. The van der Waals surface area contributed by atoms with Crippen molar-refractivity contribution in [2.75, 3.05) is 53.0 Å². The van der Waals surface area contributed by atoms with Gasteiger partial charge in [0.1, 0.15) is 5.75 Å². The van der Waals surface area contributed by atoms with Crippen molar-refractivity contribution in [2.45, 2.75) is 19.3 Å². The Morgan fingerprint density at radius 3 is 2.96 bits per heavy atom. The number of nitrogens with zero attached hydrogens (tertiary/aromatic N) is 2. The summed E-state index contributed by atoms with van der Waals surface area (Å²) in [5, 5.41) is 0. The molecule has 1 amide bonds. The zero-order chi connectivity index (χ0) is 16.8. The van der Waals surface area contributed by atoms with Gasteiger partial charge in [0.2, 0.25) is 0 Å². The molecule has 24 heavy (non-hydrogen) atoms. The van der Waals surface area contributed by atoms with Crippen molar-refractivity contribution >= 4 is 5.91 Å². The lowest BCUT2D eigenvalue weighted by atomic mass is 10.0. The third-order valence-corrected chi connectivity index (χ3v) is 4.96. The molecule has 0 unspecified atom stereocenters. The number of amides is 1. The molecule has 2 fully saturated rings. The first-order valence-corrected chi connectivity index (χ1v) is 8.99. The molecule has 0 aromatic heterocycles. The minimum absolute atomic E-state index is 0.108. The summed E-state index contributed by atoms with van der Waals surface area (Å²) >= 11 is 0. The zero-order valence-corrected chi connectivity index (χ0v) is 14.6. The summed E-state index contributed by atoms with van der Waals surface area (Å²) in [5.74, 6) is 1.49. The number of carbonyl (C=O) groups is 1. The summed E-state index contributed by atoms with van der Waals surface area (Å²) < 4.78 is 10.8. The summed E-state index contributed by atoms with van der Waals surface area (Å²) in [6.07, 6.45) is 3.48. The Morgan fingerprint density at radius 2 is 2.17 bits per heavy atom. The highest BCUT2D eigenvalue weighted by Gasteiger charge is 2.23. The molecule has 0 N–H and O–H groups in total. The third-order valence-electron chi connectivity index (χ3n) is 4.96. The highest BCUT2D eigenvalue weighted by molar-refractivity contribution is 5.94. The van der Waals surface area contributed by atoms with Crippen LogP contribution in [0.15, 0.2) is 24.3 Å². The highest BCUT2D eigenvalue weighted by Crippen LogP contribution is 2.18. The first-order valence-electron chi connectivity index (χ1n) is 8.99. The second kappa shape index (κ2) is 8.49. The standard InChI is InChI=1S/C19H28N2O3/c1-23-18-7-2-6-17(13-18)19(22)21-9-4-8-20(10-11-21)14-16-5-3-12-24-15-16/h2,6-7,13,16H,3-5,8-12,14-15H2,1H3/t16-/m0/s1. The maximum Gasteiger partial charge on any atom is 0.254 e. The van der Waals surface area contributed by atoms with Gasteiger partial charge in [-0.15, -0.1) is 0 Å². The molecule has 5 nitrogen and oxygen atoms in total. The number of hydrogen-bond acceptors (Lipinski definition) is 4. The molecule has 0 bridgehead atoms. The van der Waals surface area contributed by atoms with Gasteiger partial charge >= 0.3 is 0 Å². The fraction of sp³-hybridized carbons (Fsp3) is 0.632. The van der Waals surface area contributed by atoms with Gasteiger partial charge in [-0.2, -0.15) is 0 Å². The fourth-order valence-electron chi connectivity index (χ4n) is 3.61. The van der Waals surface area contributed by atoms with Crippen LogP contribution in [-0.2, 0) is 4.74 Å². The Kier molecular flexibility index (Phi) is 6.10. The number of methoxy groups -OCH3 is 1. The molecule has 0 saturated carbocycles. The molecule has 0 radical (unpaired) electrons. The third kappa shape index (κ3) is 4.48. The van der Waals surface area contributed by atoms with Crippen LogP contribution >= 0.6 is 0 Å². The number of rotatable bonds is 4. The quantitative estimate of drug-likeness (QED) is 0.848. The van der Waals surface area contributed by atoms with Crippen LogP contribution in [0, 0.1) is 5.92 Å². The number of carbonyl (C=O) groups excluding carboxylic acids is 1. The van der Waals surface area contributed by atoms with Crippen molar-refractivity contribution in [1.82, 2.24) is 9.80 Å².